The summed E-state index contributed by atoms with van der Waals surface area (Å²) < 4.78 is 86.5. The van der Waals surface area contributed by atoms with Gasteiger partial charge in [0.05, 0.1) is 21.4 Å². The van der Waals surface area contributed by atoms with Gasteiger partial charge in [0.15, 0.2) is 11.5 Å². The third-order valence-electron chi connectivity index (χ3n) is 7.65. The number of rotatable bonds is 8. The SMILES string of the molecule is CC(C)(Oc1cc(C(=O)OCCS(=O)(=O)[O-])ccc1OC(F)(F)F)C12CC3CC(CC(C3)C1)C2. The van der Waals surface area contributed by atoms with E-state index in [2.05, 4.69) is 4.74 Å². The van der Waals surface area contributed by atoms with Crippen molar-refractivity contribution in [3.8, 4) is 11.5 Å². The molecule has 4 fully saturated rings. The zero-order valence-corrected chi connectivity index (χ0v) is 19.8. The second-order valence-corrected chi connectivity index (χ2v) is 11.9. The van der Waals surface area contributed by atoms with Crippen molar-refractivity contribution < 1.29 is 45.1 Å². The molecule has 4 bridgehead atoms. The maximum atomic E-state index is 13.0. The first kappa shape index (κ1) is 25.1. The molecule has 0 radical (unpaired) electrons. The van der Waals surface area contributed by atoms with Crippen LogP contribution in [0.25, 0.3) is 0 Å². The fourth-order valence-electron chi connectivity index (χ4n) is 6.47. The highest BCUT2D eigenvalue weighted by Crippen LogP contribution is 2.64. The van der Waals surface area contributed by atoms with Crippen molar-refractivity contribution in [2.75, 3.05) is 12.4 Å². The first-order valence-corrected chi connectivity index (χ1v) is 12.9. The molecule has 0 aliphatic heterocycles. The predicted molar refractivity (Wildman–Crippen MR) is 113 cm³/mol. The molecule has 0 spiro atoms. The Kier molecular flexibility index (Phi) is 6.33. The van der Waals surface area contributed by atoms with Crippen LogP contribution < -0.4 is 9.47 Å². The van der Waals surface area contributed by atoms with E-state index in [4.69, 9.17) is 9.47 Å². The molecule has 34 heavy (non-hydrogen) atoms. The van der Waals surface area contributed by atoms with Gasteiger partial charge in [0.2, 0.25) is 0 Å². The molecule has 0 unspecified atom stereocenters. The number of esters is 1. The average molecular weight is 506 g/mol. The minimum atomic E-state index is -4.96. The van der Waals surface area contributed by atoms with Crippen LogP contribution in [0.4, 0.5) is 13.2 Å². The van der Waals surface area contributed by atoms with Gasteiger partial charge in [-0.2, -0.15) is 0 Å². The molecule has 0 amide bonds. The summed E-state index contributed by atoms with van der Waals surface area (Å²) in [5.41, 5.74) is -1.16. The van der Waals surface area contributed by atoms with Gasteiger partial charge in [0.25, 0.3) is 0 Å². The Morgan fingerprint density at radius 3 is 2.09 bits per heavy atom. The van der Waals surface area contributed by atoms with Crippen LogP contribution in [0.15, 0.2) is 18.2 Å². The normalized spacial score (nSPS) is 28.6. The first-order valence-electron chi connectivity index (χ1n) is 11.3. The molecular weight excluding hydrogens is 477 g/mol. The van der Waals surface area contributed by atoms with Gasteiger partial charge in [-0.15, -0.1) is 13.2 Å². The minimum Gasteiger partial charge on any atom is -0.748 e. The predicted octanol–water partition coefficient (Wildman–Crippen LogP) is 4.66. The van der Waals surface area contributed by atoms with Crippen LogP contribution in [-0.2, 0) is 14.9 Å². The third-order valence-corrected chi connectivity index (χ3v) is 8.32. The molecule has 5 rings (SSSR count). The number of hydrogen-bond donors (Lipinski definition) is 0. The van der Waals surface area contributed by atoms with Crippen LogP contribution in [0.3, 0.4) is 0 Å². The van der Waals surface area contributed by atoms with Crippen LogP contribution in [0.2, 0.25) is 0 Å². The van der Waals surface area contributed by atoms with E-state index in [1.54, 1.807) is 0 Å². The zero-order chi connectivity index (χ0) is 24.9. The Morgan fingerprint density at radius 2 is 1.59 bits per heavy atom. The van der Waals surface area contributed by atoms with Gasteiger partial charge in [-0.1, -0.05) is 0 Å². The summed E-state index contributed by atoms with van der Waals surface area (Å²) >= 11 is 0. The third kappa shape index (κ3) is 5.45. The molecule has 11 heteroatoms. The lowest BCUT2D eigenvalue weighted by molar-refractivity contribution is -0.275. The van der Waals surface area contributed by atoms with E-state index in [0.29, 0.717) is 17.8 Å². The number of benzene rings is 1. The monoisotopic (exact) mass is 505 g/mol. The van der Waals surface area contributed by atoms with Gasteiger partial charge >= 0.3 is 12.3 Å². The van der Waals surface area contributed by atoms with E-state index >= 15 is 0 Å². The number of carbonyl (C=O) groups is 1. The van der Waals surface area contributed by atoms with Gasteiger partial charge in [-0.25, -0.2) is 13.2 Å². The van der Waals surface area contributed by atoms with E-state index in [-0.39, 0.29) is 16.7 Å². The van der Waals surface area contributed by atoms with E-state index in [1.165, 1.54) is 19.3 Å². The average Bonchev–Trinajstić information content (AvgIpc) is 2.66. The fraction of sp³-hybridized carbons (Fsp3) is 0.696. The molecular formula is C23H28F3O7S-. The Bertz CT molecular complexity index is 1010. The van der Waals surface area contributed by atoms with Crippen molar-refractivity contribution >= 4 is 16.1 Å². The number of carbonyl (C=O) groups excluding carboxylic acids is 1. The van der Waals surface area contributed by atoms with Gasteiger partial charge in [-0.05, 0) is 88.3 Å². The Balaban J connectivity index is 1.59. The maximum Gasteiger partial charge on any atom is 0.573 e. The highest BCUT2D eigenvalue weighted by atomic mass is 32.2. The van der Waals surface area contributed by atoms with Crippen molar-refractivity contribution in [2.45, 2.75) is 64.3 Å². The molecule has 0 atom stereocenters. The fourth-order valence-corrected chi connectivity index (χ4v) is 6.76. The summed E-state index contributed by atoms with van der Waals surface area (Å²) in [6.07, 6.45) is 1.47. The molecule has 1 aromatic rings. The van der Waals surface area contributed by atoms with Gasteiger partial charge in [0, 0.05) is 5.41 Å². The van der Waals surface area contributed by atoms with E-state index in [9.17, 15) is 30.9 Å². The standard InChI is InChI=1S/C23H29F3O7S/c1-21(2,22-11-14-7-15(12-22)9-16(8-14)13-22)32-19-10-17(3-4-18(19)33-23(24,25)26)20(27)31-5-6-34(28,29)30/h3-4,10,14-16H,5-9,11-13H2,1-2H3,(H,28,29,30)/p-1. The van der Waals surface area contributed by atoms with E-state index < -0.39 is 46.2 Å². The lowest BCUT2D eigenvalue weighted by Crippen LogP contribution is -2.58. The number of hydrogen-bond acceptors (Lipinski definition) is 7. The van der Waals surface area contributed by atoms with Crippen molar-refractivity contribution in [1.82, 2.24) is 0 Å². The van der Waals surface area contributed by atoms with Crippen LogP contribution in [0.1, 0.15) is 62.7 Å². The second kappa shape index (κ2) is 8.58. The zero-order valence-electron chi connectivity index (χ0n) is 19.0. The van der Waals surface area contributed by atoms with Crippen LogP contribution in [-0.4, -0.2) is 43.3 Å². The van der Waals surface area contributed by atoms with Crippen molar-refractivity contribution in [3.05, 3.63) is 23.8 Å². The molecule has 0 saturated heterocycles. The maximum absolute atomic E-state index is 13.0. The topological polar surface area (TPSA) is 102 Å². The van der Waals surface area contributed by atoms with Crippen molar-refractivity contribution in [2.24, 2.45) is 23.2 Å². The smallest absolute Gasteiger partial charge is 0.573 e. The summed E-state index contributed by atoms with van der Waals surface area (Å²) in [6, 6.07) is 3.15. The van der Waals surface area contributed by atoms with Crippen molar-refractivity contribution in [3.63, 3.8) is 0 Å². The Labute approximate surface area is 196 Å². The summed E-state index contributed by atoms with van der Waals surface area (Å²) in [5, 5.41) is 0. The minimum absolute atomic E-state index is 0.144. The highest BCUT2D eigenvalue weighted by Gasteiger charge is 2.58. The highest BCUT2D eigenvalue weighted by molar-refractivity contribution is 7.85. The van der Waals surface area contributed by atoms with Crippen LogP contribution in [0, 0.1) is 23.2 Å². The summed E-state index contributed by atoms with van der Waals surface area (Å²) in [5.74, 6) is -0.931. The Hall–Kier alpha value is -2.01. The summed E-state index contributed by atoms with van der Waals surface area (Å²) in [4.78, 5) is 12.3. The lowest BCUT2D eigenvalue weighted by Gasteiger charge is -2.61. The molecule has 4 saturated carbocycles. The summed E-state index contributed by atoms with van der Waals surface area (Å²) in [6.45, 7) is 3.09. The molecule has 4 aliphatic rings. The summed E-state index contributed by atoms with van der Waals surface area (Å²) in [7, 11) is -4.58. The second-order valence-electron chi connectivity index (χ2n) is 10.4. The van der Waals surface area contributed by atoms with Crippen molar-refractivity contribution in [1.29, 1.82) is 0 Å². The molecule has 7 nitrogen and oxygen atoms in total. The van der Waals surface area contributed by atoms with Crippen LogP contribution >= 0.6 is 0 Å². The van der Waals surface area contributed by atoms with Gasteiger partial charge in [0.1, 0.15) is 12.2 Å². The van der Waals surface area contributed by atoms with Gasteiger partial charge < -0.3 is 18.8 Å². The lowest BCUT2D eigenvalue weighted by atomic mass is 9.46. The molecule has 1 aromatic carbocycles. The Morgan fingerprint density at radius 1 is 1.03 bits per heavy atom. The number of ether oxygens (including phenoxy) is 3. The number of halogens is 3. The quantitative estimate of drug-likeness (QED) is 0.374. The molecule has 0 aromatic heterocycles. The molecule has 0 N–H and O–H groups in total. The van der Waals surface area contributed by atoms with Gasteiger partial charge in [-0.3, -0.25) is 0 Å². The van der Waals surface area contributed by atoms with E-state index in [0.717, 1.165) is 37.5 Å². The molecule has 0 heterocycles. The van der Waals surface area contributed by atoms with E-state index in [1.807, 2.05) is 13.8 Å². The molecule has 190 valence electrons. The molecule has 4 aliphatic carbocycles. The number of alkyl halides is 3. The first-order chi connectivity index (χ1) is 15.6. The van der Waals surface area contributed by atoms with Crippen LogP contribution in [0.5, 0.6) is 11.5 Å². The largest absolute Gasteiger partial charge is 0.748 e.